The Morgan fingerprint density at radius 2 is 1.32 bits per heavy atom. The van der Waals surface area contributed by atoms with Gasteiger partial charge in [0.2, 0.25) is 5.91 Å². The predicted octanol–water partition coefficient (Wildman–Crippen LogP) is 1.02. The van der Waals surface area contributed by atoms with E-state index in [1.807, 2.05) is 4.90 Å². The molecule has 1 fully saturated rings. The zero-order valence-electron chi connectivity index (χ0n) is 18.6. The molecule has 9 heteroatoms. The molecular weight excluding hydrogens is 404 g/mol. The van der Waals surface area contributed by atoms with Crippen LogP contribution in [0.25, 0.3) is 0 Å². The van der Waals surface area contributed by atoms with Gasteiger partial charge in [-0.25, -0.2) is 0 Å². The highest BCUT2D eigenvalue weighted by Crippen LogP contribution is 2.20. The quantitative estimate of drug-likeness (QED) is 0.261. The molecule has 31 heavy (non-hydrogen) atoms. The number of ether oxygens (including phenoxy) is 4. The van der Waals surface area contributed by atoms with Crippen LogP contribution in [-0.4, -0.2) is 100 Å². The number of amides is 3. The number of hydrogen-bond acceptors (Lipinski definition) is 7. The summed E-state index contributed by atoms with van der Waals surface area (Å²) in [6, 6.07) is 0. The van der Waals surface area contributed by atoms with Gasteiger partial charge in [0.25, 0.3) is 11.8 Å². The van der Waals surface area contributed by atoms with Gasteiger partial charge in [0, 0.05) is 25.2 Å². The molecule has 0 spiro atoms. The fourth-order valence-electron chi connectivity index (χ4n) is 3.48. The number of piperidine rings is 1. The second-order valence-electron chi connectivity index (χ2n) is 7.59. The van der Waals surface area contributed by atoms with Crippen molar-refractivity contribution < 1.29 is 33.3 Å². The maximum atomic E-state index is 12.1. The molecule has 0 bridgehead atoms. The van der Waals surface area contributed by atoms with E-state index in [-0.39, 0.29) is 30.9 Å². The van der Waals surface area contributed by atoms with Crippen LogP contribution in [0.4, 0.5) is 0 Å². The van der Waals surface area contributed by atoms with Gasteiger partial charge in [0.1, 0.15) is 0 Å². The highest BCUT2D eigenvalue weighted by atomic mass is 16.6. The normalized spacial score (nSPS) is 17.2. The van der Waals surface area contributed by atoms with Crippen molar-refractivity contribution in [2.75, 3.05) is 72.5 Å². The van der Waals surface area contributed by atoms with Crippen molar-refractivity contribution in [3.8, 4) is 0 Å². The molecule has 0 atom stereocenters. The van der Waals surface area contributed by atoms with E-state index < -0.39 is 0 Å². The molecule has 2 aliphatic heterocycles. The van der Waals surface area contributed by atoms with Crippen LogP contribution in [-0.2, 0) is 33.3 Å². The van der Waals surface area contributed by atoms with Gasteiger partial charge in [-0.1, -0.05) is 13.3 Å². The molecule has 1 saturated heterocycles. The monoisotopic (exact) mass is 440 g/mol. The summed E-state index contributed by atoms with van der Waals surface area (Å²) in [4.78, 5) is 37.9. The molecule has 0 aromatic carbocycles. The molecule has 0 saturated carbocycles. The molecule has 0 aromatic heterocycles. The zero-order valence-corrected chi connectivity index (χ0v) is 18.6. The Hall–Kier alpha value is -1.81. The van der Waals surface area contributed by atoms with Crippen LogP contribution >= 0.6 is 0 Å². The van der Waals surface area contributed by atoms with Crippen LogP contribution < -0.4 is 0 Å². The summed E-state index contributed by atoms with van der Waals surface area (Å²) >= 11 is 0. The molecule has 0 radical (unpaired) electrons. The summed E-state index contributed by atoms with van der Waals surface area (Å²) in [7, 11) is 0. The third-order valence-corrected chi connectivity index (χ3v) is 5.48. The summed E-state index contributed by atoms with van der Waals surface area (Å²) in [5.74, 6) is 0.348. The van der Waals surface area contributed by atoms with Crippen LogP contribution in [0.1, 0.15) is 32.6 Å². The Balaban J connectivity index is 1.30. The first-order chi connectivity index (χ1) is 15.1. The molecule has 176 valence electrons. The number of hydrogen-bond donors (Lipinski definition) is 0. The second-order valence-corrected chi connectivity index (χ2v) is 7.59. The predicted molar refractivity (Wildman–Crippen MR) is 113 cm³/mol. The molecule has 2 aliphatic rings. The van der Waals surface area contributed by atoms with Crippen LogP contribution in [0.5, 0.6) is 0 Å². The van der Waals surface area contributed by atoms with Gasteiger partial charge >= 0.3 is 0 Å². The van der Waals surface area contributed by atoms with Crippen LogP contribution in [0.3, 0.4) is 0 Å². The van der Waals surface area contributed by atoms with Crippen molar-refractivity contribution >= 4 is 17.7 Å². The average Bonchev–Trinajstić information content (AvgIpc) is 3.11. The Kier molecular flexibility index (Phi) is 12.4. The van der Waals surface area contributed by atoms with Gasteiger partial charge in [-0.3, -0.25) is 19.3 Å². The van der Waals surface area contributed by atoms with Gasteiger partial charge in [-0.05, 0) is 18.8 Å². The lowest BCUT2D eigenvalue weighted by Crippen LogP contribution is -2.38. The average molecular weight is 441 g/mol. The van der Waals surface area contributed by atoms with Crippen molar-refractivity contribution in [3.05, 3.63) is 12.2 Å². The topological polar surface area (TPSA) is 94.6 Å². The molecule has 0 N–H and O–H groups in total. The standard InChI is InChI=1S/C22H36N2O7/c1-2-19-5-8-23(9-6-19)20(25)7-11-28-13-15-30-17-18-31-16-14-29-12-10-24-21(26)3-4-22(24)27/h3-4,19H,2,5-18H2,1H3. The fourth-order valence-corrected chi connectivity index (χ4v) is 3.48. The Morgan fingerprint density at radius 3 is 1.84 bits per heavy atom. The van der Waals surface area contributed by atoms with Gasteiger partial charge in [-0.2, -0.15) is 0 Å². The summed E-state index contributed by atoms with van der Waals surface area (Å²) in [6.45, 7) is 7.54. The first-order valence-corrected chi connectivity index (χ1v) is 11.2. The highest BCUT2D eigenvalue weighted by molar-refractivity contribution is 6.12. The van der Waals surface area contributed by atoms with E-state index in [2.05, 4.69) is 6.92 Å². The minimum absolute atomic E-state index is 0.182. The number of likely N-dealkylation sites (tertiary alicyclic amines) is 1. The van der Waals surface area contributed by atoms with E-state index in [9.17, 15) is 14.4 Å². The minimum Gasteiger partial charge on any atom is -0.379 e. The maximum Gasteiger partial charge on any atom is 0.253 e. The second kappa shape index (κ2) is 15.1. The van der Waals surface area contributed by atoms with E-state index >= 15 is 0 Å². The van der Waals surface area contributed by atoms with Crippen molar-refractivity contribution in [3.63, 3.8) is 0 Å². The van der Waals surface area contributed by atoms with Gasteiger partial charge in [-0.15, -0.1) is 0 Å². The highest BCUT2D eigenvalue weighted by Gasteiger charge is 2.22. The SMILES string of the molecule is CCC1CCN(C(=O)CCOCCOCCOCCOCCN2C(=O)C=CC2=O)CC1. The van der Waals surface area contributed by atoms with Crippen molar-refractivity contribution in [1.82, 2.24) is 9.80 Å². The third-order valence-electron chi connectivity index (χ3n) is 5.48. The lowest BCUT2D eigenvalue weighted by atomic mass is 9.94. The first kappa shape index (κ1) is 25.5. The Bertz CT molecular complexity index is 570. The van der Waals surface area contributed by atoms with E-state index in [4.69, 9.17) is 18.9 Å². The number of imide groups is 1. The lowest BCUT2D eigenvalue weighted by Gasteiger charge is -2.31. The van der Waals surface area contributed by atoms with Crippen molar-refractivity contribution in [1.29, 1.82) is 0 Å². The number of carbonyl (C=O) groups is 3. The Morgan fingerprint density at radius 1 is 0.839 bits per heavy atom. The number of nitrogens with zero attached hydrogens (tertiary/aromatic N) is 2. The number of rotatable bonds is 16. The fraction of sp³-hybridized carbons (Fsp3) is 0.773. The van der Waals surface area contributed by atoms with E-state index in [1.165, 1.54) is 18.6 Å². The smallest absolute Gasteiger partial charge is 0.253 e. The van der Waals surface area contributed by atoms with Crippen LogP contribution in [0.2, 0.25) is 0 Å². The van der Waals surface area contributed by atoms with Gasteiger partial charge < -0.3 is 23.8 Å². The molecule has 0 aliphatic carbocycles. The lowest BCUT2D eigenvalue weighted by molar-refractivity contribution is -0.138. The van der Waals surface area contributed by atoms with Crippen LogP contribution in [0.15, 0.2) is 12.2 Å². The van der Waals surface area contributed by atoms with E-state index in [1.54, 1.807) is 0 Å². The van der Waals surface area contributed by atoms with Gasteiger partial charge in [0.05, 0.1) is 65.8 Å². The van der Waals surface area contributed by atoms with Crippen molar-refractivity contribution in [2.24, 2.45) is 5.92 Å². The third kappa shape index (κ3) is 9.90. The molecule has 0 aromatic rings. The van der Waals surface area contributed by atoms with Crippen molar-refractivity contribution in [2.45, 2.75) is 32.6 Å². The molecular formula is C22H36N2O7. The molecule has 0 unspecified atom stereocenters. The number of carbonyl (C=O) groups excluding carboxylic acids is 3. The van der Waals surface area contributed by atoms with Gasteiger partial charge in [0.15, 0.2) is 0 Å². The Labute approximate surface area is 184 Å². The maximum absolute atomic E-state index is 12.1. The molecule has 9 nitrogen and oxygen atoms in total. The summed E-state index contributed by atoms with van der Waals surface area (Å²) < 4.78 is 21.6. The molecule has 3 amide bonds. The summed E-state index contributed by atoms with van der Waals surface area (Å²) in [5, 5.41) is 0. The largest absolute Gasteiger partial charge is 0.379 e. The van der Waals surface area contributed by atoms with E-state index in [0.717, 1.165) is 36.7 Å². The molecule has 2 heterocycles. The minimum atomic E-state index is -0.301. The first-order valence-electron chi connectivity index (χ1n) is 11.2. The zero-order chi connectivity index (χ0) is 22.3. The van der Waals surface area contributed by atoms with Crippen LogP contribution in [0, 0.1) is 5.92 Å². The molecule has 2 rings (SSSR count). The summed E-state index contributed by atoms with van der Waals surface area (Å²) in [6.07, 6.45) is 6.37. The summed E-state index contributed by atoms with van der Waals surface area (Å²) in [5.41, 5.74) is 0. The van der Waals surface area contributed by atoms with E-state index in [0.29, 0.717) is 52.7 Å².